The van der Waals surface area contributed by atoms with Crippen molar-refractivity contribution in [3.05, 3.63) is 58.4 Å². The highest BCUT2D eigenvalue weighted by atomic mass is 35.5. The topological polar surface area (TPSA) is 50.3 Å². The molecular formula is C15H17ClN2O2S. The fraction of sp³-hybridized carbons (Fsp3) is 0.267. The smallest absolute Gasteiger partial charge is 0.243 e. The molecule has 1 aromatic heterocycles. The molecule has 0 aliphatic rings. The van der Waals surface area contributed by atoms with E-state index in [1.54, 1.807) is 6.07 Å². The number of benzene rings is 1. The number of hydrogen-bond donors (Lipinski definition) is 0. The highest BCUT2D eigenvalue weighted by molar-refractivity contribution is 7.89. The SMILES string of the molecule is Cc1ccc(CN(C)S(=O)(=O)c2cccnc2Cl)c(C)c1. The molecule has 2 aromatic rings. The van der Waals surface area contributed by atoms with Gasteiger partial charge in [0, 0.05) is 19.8 Å². The Kier molecular flexibility index (Phi) is 4.66. The molecule has 0 radical (unpaired) electrons. The van der Waals surface area contributed by atoms with E-state index < -0.39 is 10.0 Å². The van der Waals surface area contributed by atoms with Crippen LogP contribution in [-0.4, -0.2) is 24.8 Å². The van der Waals surface area contributed by atoms with Crippen molar-refractivity contribution in [2.24, 2.45) is 0 Å². The van der Waals surface area contributed by atoms with Gasteiger partial charge in [-0.2, -0.15) is 4.31 Å². The van der Waals surface area contributed by atoms with Crippen LogP contribution in [0.15, 0.2) is 41.4 Å². The highest BCUT2D eigenvalue weighted by Gasteiger charge is 2.24. The molecular weight excluding hydrogens is 308 g/mol. The Morgan fingerprint density at radius 2 is 1.95 bits per heavy atom. The third-order valence-electron chi connectivity index (χ3n) is 3.30. The number of hydrogen-bond acceptors (Lipinski definition) is 3. The maximum atomic E-state index is 12.5. The van der Waals surface area contributed by atoms with Crippen LogP contribution < -0.4 is 0 Å². The minimum absolute atomic E-state index is 0.00928. The van der Waals surface area contributed by atoms with Crippen LogP contribution >= 0.6 is 11.6 Å². The minimum atomic E-state index is -3.66. The lowest BCUT2D eigenvalue weighted by Crippen LogP contribution is -2.27. The standard InChI is InChI=1S/C15H17ClN2O2S/c1-11-6-7-13(12(2)9-11)10-18(3)21(19,20)14-5-4-8-17-15(14)16/h4-9H,10H2,1-3H3. The van der Waals surface area contributed by atoms with Crippen LogP contribution in [0.2, 0.25) is 5.15 Å². The molecule has 4 nitrogen and oxygen atoms in total. The Bertz CT molecular complexity index is 760. The molecule has 0 unspecified atom stereocenters. The van der Waals surface area contributed by atoms with E-state index in [4.69, 9.17) is 11.6 Å². The first-order chi connectivity index (χ1) is 9.82. The molecule has 0 spiro atoms. The van der Waals surface area contributed by atoms with Crippen LogP contribution in [0.25, 0.3) is 0 Å². The summed E-state index contributed by atoms with van der Waals surface area (Å²) in [6, 6.07) is 8.97. The van der Waals surface area contributed by atoms with Crippen molar-refractivity contribution < 1.29 is 8.42 Å². The molecule has 0 N–H and O–H groups in total. The lowest BCUT2D eigenvalue weighted by atomic mass is 10.1. The van der Waals surface area contributed by atoms with Crippen molar-refractivity contribution in [1.82, 2.24) is 9.29 Å². The van der Waals surface area contributed by atoms with Crippen LogP contribution in [0.1, 0.15) is 16.7 Å². The molecule has 0 amide bonds. The number of aryl methyl sites for hydroxylation is 2. The summed E-state index contributed by atoms with van der Waals surface area (Å²) in [5.74, 6) is 0. The van der Waals surface area contributed by atoms with E-state index in [2.05, 4.69) is 4.98 Å². The van der Waals surface area contributed by atoms with Crippen molar-refractivity contribution in [2.45, 2.75) is 25.3 Å². The zero-order valence-electron chi connectivity index (χ0n) is 12.2. The summed E-state index contributed by atoms with van der Waals surface area (Å²) in [7, 11) is -2.12. The first-order valence-electron chi connectivity index (χ1n) is 6.45. The predicted molar refractivity (Wildman–Crippen MR) is 83.8 cm³/mol. The molecule has 0 fully saturated rings. The first-order valence-corrected chi connectivity index (χ1v) is 8.27. The van der Waals surface area contributed by atoms with Gasteiger partial charge in [0.05, 0.1) is 0 Å². The quantitative estimate of drug-likeness (QED) is 0.812. The second-order valence-corrected chi connectivity index (χ2v) is 7.35. The zero-order valence-corrected chi connectivity index (χ0v) is 13.7. The van der Waals surface area contributed by atoms with Gasteiger partial charge < -0.3 is 0 Å². The summed E-state index contributed by atoms with van der Waals surface area (Å²) in [6.45, 7) is 4.27. The van der Waals surface area contributed by atoms with Crippen LogP contribution in [0.4, 0.5) is 0 Å². The molecule has 6 heteroatoms. The van der Waals surface area contributed by atoms with Crippen molar-refractivity contribution in [3.63, 3.8) is 0 Å². The molecule has 2 rings (SSSR count). The largest absolute Gasteiger partial charge is 0.246 e. The average Bonchev–Trinajstić information content (AvgIpc) is 2.42. The van der Waals surface area contributed by atoms with Gasteiger partial charge in [-0.3, -0.25) is 0 Å². The Balaban J connectivity index is 2.31. The van der Waals surface area contributed by atoms with E-state index >= 15 is 0 Å². The van der Waals surface area contributed by atoms with Crippen LogP contribution in [0.5, 0.6) is 0 Å². The molecule has 0 aliphatic heterocycles. The van der Waals surface area contributed by atoms with Gasteiger partial charge in [0.25, 0.3) is 0 Å². The lowest BCUT2D eigenvalue weighted by molar-refractivity contribution is 0.465. The molecule has 0 saturated heterocycles. The number of aromatic nitrogens is 1. The van der Waals surface area contributed by atoms with Gasteiger partial charge in [-0.1, -0.05) is 35.4 Å². The van der Waals surface area contributed by atoms with Crippen molar-refractivity contribution in [1.29, 1.82) is 0 Å². The zero-order chi connectivity index (χ0) is 15.6. The second kappa shape index (κ2) is 6.13. The molecule has 1 aromatic carbocycles. The Morgan fingerprint density at radius 1 is 1.24 bits per heavy atom. The fourth-order valence-corrected chi connectivity index (χ4v) is 3.65. The van der Waals surface area contributed by atoms with E-state index in [0.717, 1.165) is 16.7 Å². The molecule has 1 heterocycles. The van der Waals surface area contributed by atoms with Gasteiger partial charge in [-0.05, 0) is 37.1 Å². The second-order valence-electron chi connectivity index (χ2n) is 4.98. The predicted octanol–water partition coefficient (Wildman–Crippen LogP) is 3.17. The molecule has 0 atom stereocenters. The third-order valence-corrected chi connectivity index (χ3v) is 5.55. The van der Waals surface area contributed by atoms with E-state index in [9.17, 15) is 8.42 Å². The first kappa shape index (κ1) is 15.9. The molecule has 21 heavy (non-hydrogen) atoms. The summed E-state index contributed by atoms with van der Waals surface area (Å²) >= 11 is 5.89. The summed E-state index contributed by atoms with van der Waals surface area (Å²) in [5.41, 5.74) is 3.18. The maximum absolute atomic E-state index is 12.5. The van der Waals surface area contributed by atoms with Gasteiger partial charge in [-0.25, -0.2) is 13.4 Å². The van der Waals surface area contributed by atoms with Crippen LogP contribution in [0.3, 0.4) is 0 Å². The van der Waals surface area contributed by atoms with Crippen molar-refractivity contribution in [2.75, 3.05) is 7.05 Å². The summed E-state index contributed by atoms with van der Waals surface area (Å²) in [4.78, 5) is 3.85. The van der Waals surface area contributed by atoms with Gasteiger partial charge in [0.1, 0.15) is 10.0 Å². The summed E-state index contributed by atoms with van der Waals surface area (Å²) in [6.07, 6.45) is 1.46. The lowest BCUT2D eigenvalue weighted by Gasteiger charge is -2.19. The van der Waals surface area contributed by atoms with E-state index in [0.29, 0.717) is 6.54 Å². The Morgan fingerprint density at radius 3 is 2.57 bits per heavy atom. The van der Waals surface area contributed by atoms with E-state index in [-0.39, 0.29) is 10.0 Å². The third kappa shape index (κ3) is 3.43. The number of nitrogens with zero attached hydrogens (tertiary/aromatic N) is 2. The van der Waals surface area contributed by atoms with Crippen LogP contribution in [-0.2, 0) is 16.6 Å². The fourth-order valence-electron chi connectivity index (χ4n) is 2.08. The normalized spacial score (nSPS) is 11.9. The van der Waals surface area contributed by atoms with Crippen LogP contribution in [0, 0.1) is 13.8 Å². The van der Waals surface area contributed by atoms with Gasteiger partial charge in [0.2, 0.25) is 10.0 Å². The van der Waals surface area contributed by atoms with Gasteiger partial charge >= 0.3 is 0 Å². The van der Waals surface area contributed by atoms with E-state index in [1.807, 2.05) is 32.0 Å². The summed E-state index contributed by atoms with van der Waals surface area (Å²) < 4.78 is 26.4. The molecule has 0 saturated carbocycles. The van der Waals surface area contributed by atoms with Crippen molar-refractivity contribution >= 4 is 21.6 Å². The average molecular weight is 325 g/mol. The number of sulfonamides is 1. The molecule has 0 bridgehead atoms. The van der Waals surface area contributed by atoms with Gasteiger partial charge in [-0.15, -0.1) is 0 Å². The minimum Gasteiger partial charge on any atom is -0.243 e. The Hall–Kier alpha value is -1.43. The Labute approximate surface area is 130 Å². The van der Waals surface area contributed by atoms with Gasteiger partial charge in [0.15, 0.2) is 0 Å². The summed E-state index contributed by atoms with van der Waals surface area (Å²) in [5, 5.41) is -0.00928. The maximum Gasteiger partial charge on any atom is 0.246 e. The molecule has 112 valence electrons. The number of halogens is 1. The highest BCUT2D eigenvalue weighted by Crippen LogP contribution is 2.23. The molecule has 0 aliphatic carbocycles. The number of rotatable bonds is 4. The monoisotopic (exact) mass is 324 g/mol. The van der Waals surface area contributed by atoms with Crippen molar-refractivity contribution in [3.8, 4) is 0 Å². The number of pyridine rings is 1. The van der Waals surface area contributed by atoms with E-state index in [1.165, 1.54) is 23.6 Å².